The van der Waals surface area contributed by atoms with E-state index in [0.29, 0.717) is 5.19 Å². The van der Waals surface area contributed by atoms with Gasteiger partial charge >= 0.3 is 0 Å². The van der Waals surface area contributed by atoms with Crippen LogP contribution in [0.25, 0.3) is 11.3 Å². The third-order valence-electron chi connectivity index (χ3n) is 4.76. The van der Waals surface area contributed by atoms with E-state index in [1.54, 1.807) is 0 Å². The van der Waals surface area contributed by atoms with E-state index in [0.717, 1.165) is 47.1 Å². The molecule has 150 valence electrons. The molecule has 0 radical (unpaired) electrons. The van der Waals surface area contributed by atoms with Crippen LogP contribution in [0.1, 0.15) is 23.6 Å². The predicted molar refractivity (Wildman–Crippen MR) is 123 cm³/mol. The molecule has 3 aromatic rings. The second kappa shape index (κ2) is 10.3. The second-order valence-corrected chi connectivity index (χ2v) is 8.05. The van der Waals surface area contributed by atoms with Crippen LogP contribution < -0.4 is 4.74 Å². The van der Waals surface area contributed by atoms with E-state index in [4.69, 9.17) is 16.3 Å². The number of hydrogen-bond acceptors (Lipinski definition) is 4. The molecule has 0 N–H and O–H groups in total. The van der Waals surface area contributed by atoms with Gasteiger partial charge in [-0.2, -0.15) is 0 Å². The molecule has 0 saturated heterocycles. The molecule has 3 rings (SSSR count). The zero-order chi connectivity index (χ0) is 19.4. The van der Waals surface area contributed by atoms with Crippen LogP contribution in [-0.4, -0.2) is 30.0 Å². The van der Waals surface area contributed by atoms with E-state index in [-0.39, 0.29) is 12.4 Å². The molecule has 1 heterocycles. The summed E-state index contributed by atoms with van der Waals surface area (Å²) in [6.45, 7) is 8.55. The molecule has 0 saturated carbocycles. The molecule has 0 bridgehead atoms. The van der Waals surface area contributed by atoms with Crippen LogP contribution in [0.15, 0.2) is 41.8 Å². The summed E-state index contributed by atoms with van der Waals surface area (Å²) < 4.78 is 6.09. The summed E-state index contributed by atoms with van der Waals surface area (Å²) in [6.07, 6.45) is 1.05. The van der Waals surface area contributed by atoms with Gasteiger partial charge in [0.05, 0.1) is 5.69 Å². The molecule has 3 nitrogen and oxygen atoms in total. The average molecular weight is 437 g/mol. The van der Waals surface area contributed by atoms with Crippen molar-refractivity contribution in [1.29, 1.82) is 0 Å². The Kier molecular flexibility index (Phi) is 8.32. The van der Waals surface area contributed by atoms with Crippen LogP contribution in [0, 0.1) is 13.8 Å². The lowest BCUT2D eigenvalue weighted by Gasteiger charge is -2.16. The van der Waals surface area contributed by atoms with E-state index >= 15 is 0 Å². The number of aryl methyl sites for hydroxylation is 2. The second-order valence-electron chi connectivity index (χ2n) is 6.80. The third kappa shape index (κ3) is 5.71. The molecule has 0 atom stereocenters. The Labute approximate surface area is 182 Å². The minimum Gasteiger partial charge on any atom is -0.431 e. The van der Waals surface area contributed by atoms with Gasteiger partial charge in [0.15, 0.2) is 0 Å². The number of hydrogen-bond donors (Lipinski definition) is 0. The van der Waals surface area contributed by atoms with Gasteiger partial charge in [0.25, 0.3) is 5.19 Å². The number of benzene rings is 2. The summed E-state index contributed by atoms with van der Waals surface area (Å²) in [5.74, 6) is 0.872. The highest BCUT2D eigenvalue weighted by Crippen LogP contribution is 2.33. The first-order valence-corrected chi connectivity index (χ1v) is 10.4. The molecule has 0 fully saturated rings. The smallest absolute Gasteiger partial charge is 0.279 e. The summed E-state index contributed by atoms with van der Waals surface area (Å²) in [4.78, 5) is 6.94. The van der Waals surface area contributed by atoms with Gasteiger partial charge in [-0.15, -0.1) is 12.4 Å². The normalized spacial score (nSPS) is 10.8. The quantitative estimate of drug-likeness (QED) is 0.407. The van der Waals surface area contributed by atoms with Crippen LogP contribution in [0.5, 0.6) is 10.9 Å². The molecule has 0 aliphatic carbocycles. The fraction of sp³-hybridized carbons (Fsp3) is 0.318. The highest BCUT2D eigenvalue weighted by Gasteiger charge is 2.11. The van der Waals surface area contributed by atoms with Crippen molar-refractivity contribution in [2.45, 2.75) is 27.2 Å². The van der Waals surface area contributed by atoms with E-state index in [1.807, 2.05) is 29.6 Å². The van der Waals surface area contributed by atoms with Crippen molar-refractivity contribution in [2.24, 2.45) is 0 Å². The van der Waals surface area contributed by atoms with Crippen LogP contribution in [0.4, 0.5) is 0 Å². The largest absolute Gasteiger partial charge is 0.431 e. The molecular formula is C22H26Cl2N2OS. The van der Waals surface area contributed by atoms with Gasteiger partial charge in [-0.05, 0) is 68.8 Å². The monoisotopic (exact) mass is 436 g/mol. The number of aromatic nitrogens is 1. The SMILES string of the molecule is CCN(C)CCc1cc(C)c(Oc2nc(-c3ccc(Cl)cc3)cs2)cc1C.Cl. The fourth-order valence-corrected chi connectivity index (χ4v) is 3.67. The predicted octanol–water partition coefficient (Wildman–Crippen LogP) is 6.79. The number of halogens is 2. The summed E-state index contributed by atoms with van der Waals surface area (Å²) in [6, 6.07) is 12.1. The number of ether oxygens (including phenoxy) is 1. The average Bonchev–Trinajstić information content (AvgIpc) is 3.12. The van der Waals surface area contributed by atoms with Gasteiger partial charge in [-0.1, -0.05) is 48.1 Å². The van der Waals surface area contributed by atoms with E-state index in [1.165, 1.54) is 22.5 Å². The summed E-state index contributed by atoms with van der Waals surface area (Å²) >= 11 is 7.47. The number of nitrogens with zero attached hydrogens (tertiary/aromatic N) is 2. The van der Waals surface area contributed by atoms with E-state index < -0.39 is 0 Å². The van der Waals surface area contributed by atoms with Crippen molar-refractivity contribution < 1.29 is 4.74 Å². The fourth-order valence-electron chi connectivity index (χ4n) is 2.85. The zero-order valence-electron chi connectivity index (χ0n) is 16.7. The Morgan fingerprint density at radius 3 is 2.50 bits per heavy atom. The Balaban J connectivity index is 0.00000280. The lowest BCUT2D eigenvalue weighted by Crippen LogP contribution is -2.20. The highest BCUT2D eigenvalue weighted by atomic mass is 35.5. The Morgan fingerprint density at radius 1 is 1.11 bits per heavy atom. The summed E-state index contributed by atoms with van der Waals surface area (Å²) in [5.41, 5.74) is 5.71. The minimum absolute atomic E-state index is 0. The maximum atomic E-state index is 6.09. The maximum Gasteiger partial charge on any atom is 0.279 e. The molecule has 0 aliphatic heterocycles. The first-order chi connectivity index (χ1) is 13.0. The van der Waals surface area contributed by atoms with Crippen molar-refractivity contribution in [3.63, 3.8) is 0 Å². The van der Waals surface area contributed by atoms with Crippen LogP contribution >= 0.6 is 35.3 Å². The standard InChI is InChI=1S/C22H25ClN2OS.ClH/c1-5-25(4)11-10-18-12-16(3)21(13-15(18)2)26-22-24-20(14-27-22)17-6-8-19(23)9-7-17;/h6-9,12-14H,5,10-11H2,1-4H3;1H. The Morgan fingerprint density at radius 2 is 1.82 bits per heavy atom. The molecule has 0 aliphatic rings. The van der Waals surface area contributed by atoms with Gasteiger partial charge in [-0.25, -0.2) is 4.98 Å². The molecule has 0 spiro atoms. The van der Waals surface area contributed by atoms with Gasteiger partial charge in [0.2, 0.25) is 0 Å². The highest BCUT2D eigenvalue weighted by molar-refractivity contribution is 7.11. The lowest BCUT2D eigenvalue weighted by atomic mass is 10.0. The van der Waals surface area contributed by atoms with Gasteiger partial charge in [0, 0.05) is 22.5 Å². The number of likely N-dealkylation sites (N-methyl/N-ethyl adjacent to an activating group) is 1. The van der Waals surface area contributed by atoms with E-state index in [2.05, 4.69) is 49.8 Å². The van der Waals surface area contributed by atoms with Crippen molar-refractivity contribution in [3.8, 4) is 22.2 Å². The Hall–Kier alpha value is -1.59. The first-order valence-electron chi connectivity index (χ1n) is 9.14. The molecule has 28 heavy (non-hydrogen) atoms. The molecule has 0 unspecified atom stereocenters. The first kappa shape index (κ1) is 22.7. The molecule has 2 aromatic carbocycles. The number of thiazole rings is 1. The minimum atomic E-state index is 0. The molecule has 6 heteroatoms. The van der Waals surface area contributed by atoms with Crippen LogP contribution in [0.3, 0.4) is 0 Å². The number of rotatable bonds is 7. The third-order valence-corrected chi connectivity index (χ3v) is 5.73. The van der Waals surface area contributed by atoms with Crippen molar-refractivity contribution >= 4 is 35.3 Å². The van der Waals surface area contributed by atoms with Gasteiger partial charge < -0.3 is 9.64 Å². The van der Waals surface area contributed by atoms with Crippen LogP contribution in [-0.2, 0) is 6.42 Å². The van der Waals surface area contributed by atoms with Crippen LogP contribution in [0.2, 0.25) is 5.02 Å². The van der Waals surface area contributed by atoms with Gasteiger partial charge in [0.1, 0.15) is 5.75 Å². The van der Waals surface area contributed by atoms with E-state index in [9.17, 15) is 0 Å². The Bertz CT molecular complexity index is 909. The topological polar surface area (TPSA) is 25.4 Å². The molecular weight excluding hydrogens is 411 g/mol. The molecule has 1 aromatic heterocycles. The van der Waals surface area contributed by atoms with Crippen molar-refractivity contribution in [2.75, 3.05) is 20.1 Å². The van der Waals surface area contributed by atoms with Gasteiger partial charge in [-0.3, -0.25) is 0 Å². The summed E-state index contributed by atoms with van der Waals surface area (Å²) in [7, 11) is 2.15. The lowest BCUT2D eigenvalue weighted by molar-refractivity contribution is 0.357. The maximum absolute atomic E-state index is 6.09. The molecule has 0 amide bonds. The van der Waals surface area contributed by atoms with Crippen molar-refractivity contribution in [3.05, 3.63) is 63.5 Å². The summed E-state index contributed by atoms with van der Waals surface area (Å²) in [5, 5.41) is 3.39. The zero-order valence-corrected chi connectivity index (χ0v) is 19.0. The van der Waals surface area contributed by atoms with Crippen molar-refractivity contribution in [1.82, 2.24) is 9.88 Å².